The lowest BCUT2D eigenvalue weighted by molar-refractivity contribution is 0.0586. The third-order valence-corrected chi connectivity index (χ3v) is 5.91. The van der Waals surface area contributed by atoms with Crippen LogP contribution < -0.4 is 5.73 Å². The molecule has 2 aliphatic rings. The highest BCUT2D eigenvalue weighted by Gasteiger charge is 2.32. The van der Waals surface area contributed by atoms with Crippen molar-refractivity contribution in [3.63, 3.8) is 0 Å². The van der Waals surface area contributed by atoms with Gasteiger partial charge in [-0.1, -0.05) is 40.9 Å². The van der Waals surface area contributed by atoms with Crippen molar-refractivity contribution in [1.29, 1.82) is 0 Å². The van der Waals surface area contributed by atoms with Gasteiger partial charge < -0.3 is 10.6 Å². The van der Waals surface area contributed by atoms with E-state index in [4.69, 9.17) is 5.73 Å². The molecule has 3 atom stereocenters. The van der Waals surface area contributed by atoms with E-state index < -0.39 is 0 Å². The monoisotopic (exact) mass is 350 g/mol. The topological polar surface area (TPSA) is 29.3 Å². The Balaban J connectivity index is 1.55. The van der Waals surface area contributed by atoms with Gasteiger partial charge in [0.25, 0.3) is 0 Å². The molecule has 2 N–H and O–H groups in total. The number of piperidine rings is 1. The van der Waals surface area contributed by atoms with Gasteiger partial charge in [-0.3, -0.25) is 0 Å². The van der Waals surface area contributed by atoms with Crippen LogP contribution in [0.4, 0.5) is 0 Å². The van der Waals surface area contributed by atoms with E-state index in [0.29, 0.717) is 0 Å². The van der Waals surface area contributed by atoms with E-state index in [0.717, 1.165) is 22.9 Å². The molecule has 3 heteroatoms. The molecule has 0 radical (unpaired) electrons. The van der Waals surface area contributed by atoms with Crippen LogP contribution in [-0.4, -0.2) is 24.0 Å². The maximum absolute atomic E-state index is 6.39. The second-order valence-corrected chi connectivity index (χ2v) is 7.65. The number of hydrogen-bond donors (Lipinski definition) is 1. The van der Waals surface area contributed by atoms with Gasteiger partial charge in [0.1, 0.15) is 0 Å². The van der Waals surface area contributed by atoms with Crippen molar-refractivity contribution >= 4 is 15.9 Å². The predicted molar refractivity (Wildman–Crippen MR) is 92.2 cm³/mol. The summed E-state index contributed by atoms with van der Waals surface area (Å²) in [5.74, 6) is 0.969. The van der Waals surface area contributed by atoms with Crippen LogP contribution in [0.25, 0.3) is 0 Å². The lowest BCUT2D eigenvalue weighted by Crippen LogP contribution is -2.47. The van der Waals surface area contributed by atoms with E-state index in [-0.39, 0.29) is 6.04 Å². The average Bonchev–Trinajstić information content (AvgIpc) is 2.53. The number of fused-ring (bicyclic) bond motifs is 1. The number of halogens is 1. The van der Waals surface area contributed by atoms with Crippen LogP contribution in [0.1, 0.15) is 56.6 Å². The van der Waals surface area contributed by atoms with Gasteiger partial charge in [-0.05, 0) is 62.3 Å². The molecule has 1 saturated heterocycles. The number of likely N-dealkylation sites (tertiary alicyclic amines) is 1. The fourth-order valence-corrected chi connectivity index (χ4v) is 4.45. The molecular formula is C18H27BrN2. The molecule has 2 fully saturated rings. The molecule has 1 heterocycles. The van der Waals surface area contributed by atoms with Crippen LogP contribution >= 0.6 is 15.9 Å². The Kier molecular flexibility index (Phi) is 5.36. The van der Waals surface area contributed by atoms with Crippen LogP contribution in [0.3, 0.4) is 0 Å². The number of nitrogens with zero attached hydrogens (tertiary/aromatic N) is 1. The van der Waals surface area contributed by atoms with Gasteiger partial charge in [-0.25, -0.2) is 0 Å². The average molecular weight is 351 g/mol. The van der Waals surface area contributed by atoms with Gasteiger partial charge in [-0.2, -0.15) is 0 Å². The molecule has 1 saturated carbocycles. The fraction of sp³-hybridized carbons (Fsp3) is 0.667. The quantitative estimate of drug-likeness (QED) is 0.866. The maximum Gasteiger partial charge on any atom is 0.0307 e. The van der Waals surface area contributed by atoms with Gasteiger partial charge in [0.2, 0.25) is 0 Å². The molecule has 116 valence electrons. The highest BCUT2D eigenvalue weighted by atomic mass is 79.9. The zero-order chi connectivity index (χ0) is 14.7. The van der Waals surface area contributed by atoms with Crippen LogP contribution in [0.5, 0.6) is 0 Å². The van der Waals surface area contributed by atoms with E-state index >= 15 is 0 Å². The zero-order valence-corrected chi connectivity index (χ0v) is 14.4. The summed E-state index contributed by atoms with van der Waals surface area (Å²) in [5.41, 5.74) is 7.65. The first kappa shape index (κ1) is 15.5. The Morgan fingerprint density at radius 3 is 2.62 bits per heavy atom. The Morgan fingerprint density at radius 2 is 1.81 bits per heavy atom. The zero-order valence-electron chi connectivity index (χ0n) is 12.8. The summed E-state index contributed by atoms with van der Waals surface area (Å²) < 4.78 is 1.12. The highest BCUT2D eigenvalue weighted by Crippen LogP contribution is 2.35. The Morgan fingerprint density at radius 1 is 1.10 bits per heavy atom. The first-order valence-corrected chi connectivity index (χ1v) is 9.28. The molecule has 0 spiro atoms. The lowest BCUT2D eigenvalue weighted by Gasteiger charge is -2.44. The second kappa shape index (κ2) is 7.26. The van der Waals surface area contributed by atoms with Crippen LogP contribution in [0, 0.1) is 5.92 Å². The lowest BCUT2D eigenvalue weighted by atomic mass is 9.78. The molecule has 1 aromatic rings. The van der Waals surface area contributed by atoms with Crippen LogP contribution in [0.2, 0.25) is 0 Å². The van der Waals surface area contributed by atoms with Crippen molar-refractivity contribution in [2.24, 2.45) is 11.7 Å². The molecule has 3 unspecified atom stereocenters. The van der Waals surface area contributed by atoms with Crippen LogP contribution in [-0.2, 0) is 0 Å². The first-order valence-electron chi connectivity index (χ1n) is 8.49. The number of hydrogen-bond acceptors (Lipinski definition) is 2. The number of benzene rings is 1. The van der Waals surface area contributed by atoms with E-state index in [2.05, 4.69) is 45.1 Å². The number of rotatable bonds is 4. The third kappa shape index (κ3) is 3.88. The van der Waals surface area contributed by atoms with E-state index in [1.54, 1.807) is 0 Å². The van der Waals surface area contributed by atoms with Crippen molar-refractivity contribution < 1.29 is 0 Å². The second-order valence-electron chi connectivity index (χ2n) is 6.74. The molecule has 1 aliphatic carbocycles. The van der Waals surface area contributed by atoms with E-state index in [1.165, 1.54) is 57.2 Å². The van der Waals surface area contributed by atoms with E-state index in [1.807, 2.05) is 0 Å². The minimum atomic E-state index is 0.169. The number of nitrogens with two attached hydrogens (primary N) is 1. The normalized spacial score (nSPS) is 28.1. The van der Waals surface area contributed by atoms with E-state index in [9.17, 15) is 0 Å². The summed E-state index contributed by atoms with van der Waals surface area (Å²) in [6, 6.07) is 9.50. The summed E-state index contributed by atoms with van der Waals surface area (Å²) in [5, 5.41) is 0. The molecular weight excluding hydrogens is 324 g/mol. The van der Waals surface area contributed by atoms with Crippen molar-refractivity contribution in [2.75, 3.05) is 13.1 Å². The molecule has 1 aliphatic heterocycles. The fourth-order valence-electron chi connectivity index (χ4n) is 4.19. The van der Waals surface area contributed by atoms with Gasteiger partial charge in [0.15, 0.2) is 0 Å². The van der Waals surface area contributed by atoms with Gasteiger partial charge in [-0.15, -0.1) is 0 Å². The van der Waals surface area contributed by atoms with Gasteiger partial charge in [0, 0.05) is 23.1 Å². The largest absolute Gasteiger partial charge is 0.324 e. The van der Waals surface area contributed by atoms with Crippen molar-refractivity contribution in [2.45, 2.75) is 57.0 Å². The molecule has 0 aromatic heterocycles. The van der Waals surface area contributed by atoms with Gasteiger partial charge in [0.05, 0.1) is 0 Å². The molecule has 2 nitrogen and oxygen atoms in total. The summed E-state index contributed by atoms with van der Waals surface area (Å²) >= 11 is 3.49. The minimum absolute atomic E-state index is 0.169. The molecule has 1 aromatic carbocycles. The van der Waals surface area contributed by atoms with Crippen LogP contribution in [0.15, 0.2) is 28.7 Å². The smallest absolute Gasteiger partial charge is 0.0307 e. The maximum atomic E-state index is 6.39. The van der Waals surface area contributed by atoms with Crippen molar-refractivity contribution in [3.05, 3.63) is 34.3 Å². The highest BCUT2D eigenvalue weighted by molar-refractivity contribution is 9.10. The first-order chi connectivity index (χ1) is 10.2. The van der Waals surface area contributed by atoms with Crippen molar-refractivity contribution in [3.8, 4) is 0 Å². The molecule has 0 bridgehead atoms. The Labute approximate surface area is 137 Å². The summed E-state index contributed by atoms with van der Waals surface area (Å²) in [6.07, 6.45) is 9.67. The third-order valence-electron chi connectivity index (χ3n) is 5.38. The predicted octanol–water partition coefficient (Wildman–Crippen LogP) is 4.49. The molecule has 0 amide bonds. The summed E-state index contributed by atoms with van der Waals surface area (Å²) in [6.45, 7) is 2.45. The Hall–Kier alpha value is -0.380. The Bertz CT molecular complexity index is 443. The van der Waals surface area contributed by atoms with Gasteiger partial charge >= 0.3 is 0 Å². The summed E-state index contributed by atoms with van der Waals surface area (Å²) in [4.78, 5) is 2.74. The van der Waals surface area contributed by atoms with Crippen molar-refractivity contribution in [1.82, 2.24) is 4.90 Å². The SMILES string of the molecule is NC(CCN1CCCC2CCCCC21)c1ccc(Br)cc1. The molecule has 21 heavy (non-hydrogen) atoms. The minimum Gasteiger partial charge on any atom is -0.324 e. The molecule has 3 rings (SSSR count). The summed E-state index contributed by atoms with van der Waals surface area (Å²) in [7, 11) is 0. The standard InChI is InChI=1S/C18H27BrN2/c19-16-9-7-14(8-10-16)17(20)11-13-21-12-3-5-15-4-1-2-6-18(15)21/h7-10,15,17-18H,1-6,11-13,20H2.